The molecular formula is C18H18ClN3O. The van der Waals surface area contributed by atoms with Gasteiger partial charge in [-0.3, -0.25) is 4.79 Å². The van der Waals surface area contributed by atoms with Gasteiger partial charge in [-0.15, -0.1) is 0 Å². The molecule has 0 radical (unpaired) electrons. The van der Waals surface area contributed by atoms with Gasteiger partial charge >= 0.3 is 0 Å². The Morgan fingerprint density at radius 3 is 2.43 bits per heavy atom. The number of hydrogen-bond acceptors (Lipinski definition) is 2. The van der Waals surface area contributed by atoms with E-state index in [1.165, 1.54) is 0 Å². The van der Waals surface area contributed by atoms with Gasteiger partial charge in [0.25, 0.3) is 5.91 Å². The zero-order valence-electron chi connectivity index (χ0n) is 13.3. The van der Waals surface area contributed by atoms with E-state index in [9.17, 15) is 4.79 Å². The standard InChI is InChI=1S/C18H18ClN3O/c1-18(2,3)21-17(23)13-6-9-16-20-15(11-22(16)10-13)12-4-7-14(19)8-5-12/h4-11H,1-3H3,(H,21,23). The van der Waals surface area contributed by atoms with E-state index in [0.29, 0.717) is 10.6 Å². The first-order valence-electron chi connectivity index (χ1n) is 7.39. The minimum Gasteiger partial charge on any atom is -0.347 e. The third kappa shape index (κ3) is 3.54. The molecule has 2 heterocycles. The summed E-state index contributed by atoms with van der Waals surface area (Å²) < 4.78 is 1.86. The first kappa shape index (κ1) is 15.6. The summed E-state index contributed by atoms with van der Waals surface area (Å²) in [7, 11) is 0. The number of hydrogen-bond donors (Lipinski definition) is 1. The number of fused-ring (bicyclic) bond motifs is 1. The van der Waals surface area contributed by atoms with E-state index in [4.69, 9.17) is 11.6 Å². The average Bonchev–Trinajstić information content (AvgIpc) is 2.89. The largest absolute Gasteiger partial charge is 0.347 e. The third-order valence-electron chi connectivity index (χ3n) is 3.34. The molecular weight excluding hydrogens is 310 g/mol. The van der Waals surface area contributed by atoms with Gasteiger partial charge in [-0.05, 0) is 45.0 Å². The second kappa shape index (κ2) is 5.70. The Labute approximate surface area is 140 Å². The molecule has 0 spiro atoms. The Morgan fingerprint density at radius 2 is 1.78 bits per heavy atom. The zero-order chi connectivity index (χ0) is 16.6. The van der Waals surface area contributed by atoms with Gasteiger partial charge in [0.2, 0.25) is 0 Å². The van der Waals surface area contributed by atoms with E-state index in [2.05, 4.69) is 10.3 Å². The van der Waals surface area contributed by atoms with Gasteiger partial charge in [0, 0.05) is 28.5 Å². The molecule has 0 aliphatic rings. The van der Waals surface area contributed by atoms with Crippen molar-refractivity contribution < 1.29 is 4.79 Å². The lowest BCUT2D eigenvalue weighted by Gasteiger charge is -2.20. The average molecular weight is 328 g/mol. The van der Waals surface area contributed by atoms with Crippen LogP contribution in [0.1, 0.15) is 31.1 Å². The minimum atomic E-state index is -0.268. The highest BCUT2D eigenvalue weighted by atomic mass is 35.5. The topological polar surface area (TPSA) is 46.4 Å². The molecule has 3 aromatic rings. The molecule has 0 saturated carbocycles. The first-order valence-corrected chi connectivity index (χ1v) is 7.77. The van der Waals surface area contributed by atoms with Crippen molar-refractivity contribution in [3.8, 4) is 11.3 Å². The predicted molar refractivity (Wildman–Crippen MR) is 92.9 cm³/mol. The molecule has 2 aromatic heterocycles. The number of rotatable bonds is 2. The van der Waals surface area contributed by atoms with Gasteiger partial charge in [0.05, 0.1) is 11.3 Å². The van der Waals surface area contributed by atoms with Gasteiger partial charge in [0.1, 0.15) is 5.65 Å². The molecule has 118 valence electrons. The van der Waals surface area contributed by atoms with Crippen molar-refractivity contribution in [1.82, 2.24) is 14.7 Å². The summed E-state index contributed by atoms with van der Waals surface area (Å²) in [6.45, 7) is 5.87. The number of carbonyl (C=O) groups excluding carboxylic acids is 1. The molecule has 0 aliphatic carbocycles. The van der Waals surface area contributed by atoms with Crippen LogP contribution in [-0.2, 0) is 0 Å². The normalized spacial score (nSPS) is 11.7. The summed E-state index contributed by atoms with van der Waals surface area (Å²) in [4.78, 5) is 16.8. The summed E-state index contributed by atoms with van der Waals surface area (Å²) >= 11 is 5.92. The molecule has 0 aliphatic heterocycles. The Balaban J connectivity index is 1.95. The van der Waals surface area contributed by atoms with E-state index in [1.807, 2.05) is 61.7 Å². The summed E-state index contributed by atoms with van der Waals surface area (Å²) in [5.74, 6) is -0.0962. The molecule has 0 fully saturated rings. The molecule has 1 amide bonds. The molecule has 0 bridgehead atoms. The van der Waals surface area contributed by atoms with Gasteiger partial charge in [-0.1, -0.05) is 23.7 Å². The molecule has 4 nitrogen and oxygen atoms in total. The van der Waals surface area contributed by atoms with Crippen molar-refractivity contribution in [2.75, 3.05) is 0 Å². The second-order valence-electron chi connectivity index (χ2n) is 6.52. The summed E-state index contributed by atoms with van der Waals surface area (Å²) in [6.07, 6.45) is 3.70. The number of carbonyl (C=O) groups is 1. The molecule has 0 unspecified atom stereocenters. The summed E-state index contributed by atoms with van der Waals surface area (Å²) in [5, 5.41) is 3.65. The van der Waals surface area contributed by atoms with Crippen molar-refractivity contribution in [3.05, 3.63) is 59.4 Å². The number of nitrogens with zero attached hydrogens (tertiary/aromatic N) is 2. The van der Waals surface area contributed by atoms with Crippen LogP contribution in [0.4, 0.5) is 0 Å². The van der Waals surface area contributed by atoms with Crippen molar-refractivity contribution in [3.63, 3.8) is 0 Å². The van der Waals surface area contributed by atoms with Gasteiger partial charge < -0.3 is 9.72 Å². The molecule has 1 N–H and O–H groups in total. The fourth-order valence-corrected chi connectivity index (χ4v) is 2.42. The van der Waals surface area contributed by atoms with Crippen molar-refractivity contribution in [1.29, 1.82) is 0 Å². The SMILES string of the molecule is CC(C)(C)NC(=O)c1ccc2nc(-c3ccc(Cl)cc3)cn2c1. The zero-order valence-corrected chi connectivity index (χ0v) is 14.1. The Kier molecular flexibility index (Phi) is 3.86. The molecule has 3 rings (SSSR count). The fourth-order valence-electron chi connectivity index (χ4n) is 2.30. The Hall–Kier alpha value is -2.33. The van der Waals surface area contributed by atoms with Gasteiger partial charge in [-0.25, -0.2) is 4.98 Å². The number of halogens is 1. The van der Waals surface area contributed by atoms with Crippen LogP contribution in [0, 0.1) is 0 Å². The maximum absolute atomic E-state index is 12.3. The van der Waals surface area contributed by atoms with Crippen LogP contribution >= 0.6 is 11.6 Å². The maximum atomic E-state index is 12.3. The van der Waals surface area contributed by atoms with Crippen LogP contribution in [0.3, 0.4) is 0 Å². The molecule has 23 heavy (non-hydrogen) atoms. The van der Waals surface area contributed by atoms with Crippen LogP contribution in [0.25, 0.3) is 16.9 Å². The van der Waals surface area contributed by atoms with Crippen LogP contribution in [0.2, 0.25) is 5.02 Å². The number of pyridine rings is 1. The Bertz CT molecular complexity index is 860. The molecule has 1 aromatic carbocycles. The first-order chi connectivity index (χ1) is 10.8. The second-order valence-corrected chi connectivity index (χ2v) is 6.96. The van der Waals surface area contributed by atoms with E-state index in [-0.39, 0.29) is 11.4 Å². The minimum absolute atomic E-state index is 0.0962. The van der Waals surface area contributed by atoms with E-state index >= 15 is 0 Å². The van der Waals surface area contributed by atoms with Crippen molar-refractivity contribution in [2.24, 2.45) is 0 Å². The van der Waals surface area contributed by atoms with Crippen LogP contribution in [-0.4, -0.2) is 20.8 Å². The lowest BCUT2D eigenvalue weighted by molar-refractivity contribution is 0.0919. The van der Waals surface area contributed by atoms with E-state index in [0.717, 1.165) is 16.9 Å². The van der Waals surface area contributed by atoms with Crippen LogP contribution in [0.5, 0.6) is 0 Å². The van der Waals surface area contributed by atoms with Crippen molar-refractivity contribution >= 4 is 23.2 Å². The molecule has 5 heteroatoms. The monoisotopic (exact) mass is 327 g/mol. The van der Waals surface area contributed by atoms with Gasteiger partial charge in [-0.2, -0.15) is 0 Å². The highest BCUT2D eigenvalue weighted by molar-refractivity contribution is 6.30. The number of aromatic nitrogens is 2. The third-order valence-corrected chi connectivity index (χ3v) is 3.59. The predicted octanol–water partition coefficient (Wildman–Crippen LogP) is 4.18. The number of benzene rings is 1. The fraction of sp³-hybridized carbons (Fsp3) is 0.222. The smallest absolute Gasteiger partial charge is 0.253 e. The van der Waals surface area contributed by atoms with Crippen molar-refractivity contribution in [2.45, 2.75) is 26.3 Å². The lowest BCUT2D eigenvalue weighted by atomic mass is 10.1. The highest BCUT2D eigenvalue weighted by Crippen LogP contribution is 2.21. The van der Waals surface area contributed by atoms with Crippen LogP contribution < -0.4 is 5.32 Å². The van der Waals surface area contributed by atoms with E-state index < -0.39 is 0 Å². The van der Waals surface area contributed by atoms with Gasteiger partial charge in [0.15, 0.2) is 0 Å². The number of nitrogens with one attached hydrogen (secondary N) is 1. The summed E-state index contributed by atoms with van der Waals surface area (Å²) in [5.41, 5.74) is 2.96. The Morgan fingerprint density at radius 1 is 1.09 bits per heavy atom. The number of imidazole rings is 1. The maximum Gasteiger partial charge on any atom is 0.253 e. The highest BCUT2D eigenvalue weighted by Gasteiger charge is 2.16. The molecule has 0 atom stereocenters. The summed E-state index contributed by atoms with van der Waals surface area (Å²) in [6, 6.07) is 11.2. The molecule has 0 saturated heterocycles. The number of amides is 1. The quantitative estimate of drug-likeness (QED) is 0.767. The van der Waals surface area contributed by atoms with E-state index in [1.54, 1.807) is 12.3 Å². The van der Waals surface area contributed by atoms with Crippen LogP contribution in [0.15, 0.2) is 48.8 Å². The lowest BCUT2D eigenvalue weighted by Crippen LogP contribution is -2.40.